The fraction of sp³-hybridized carbons (Fsp3) is 0.474. The molecule has 0 spiro atoms. The summed E-state index contributed by atoms with van der Waals surface area (Å²) in [6, 6.07) is 8.58. The molecule has 7 nitrogen and oxygen atoms in total. The Morgan fingerprint density at radius 1 is 1.00 bits per heavy atom. The number of benzene rings is 1. The number of ether oxygens (including phenoxy) is 2. The Morgan fingerprint density at radius 2 is 1.59 bits per heavy atom. The van der Waals surface area contributed by atoms with Crippen LogP contribution in [-0.4, -0.2) is 37.6 Å². The molecule has 1 heterocycles. The van der Waals surface area contributed by atoms with Crippen molar-refractivity contribution < 1.29 is 17.9 Å². The Labute approximate surface area is 160 Å². The van der Waals surface area contributed by atoms with Crippen LogP contribution in [0.15, 0.2) is 35.2 Å². The van der Waals surface area contributed by atoms with Crippen molar-refractivity contribution in [1.82, 2.24) is 14.7 Å². The summed E-state index contributed by atoms with van der Waals surface area (Å²) in [5.74, 6) is 0.625. The summed E-state index contributed by atoms with van der Waals surface area (Å²) < 4.78 is 38.8. The standard InChI is InChI=1S/C19H25N3O4S/c1-13-12-14(2)21-19(20-13)26-17-6-4-15(5-7-17)22-27(23,24)18-10-8-16(25-3)9-11-18/h8-12,15,17,22H,4-7H2,1-3H3. The topological polar surface area (TPSA) is 90.4 Å². The SMILES string of the molecule is COc1ccc(S(=O)(=O)NC2CCC(Oc3nc(C)cc(C)n3)CC2)cc1. The number of rotatable bonds is 6. The normalized spacial score (nSPS) is 20.3. The van der Waals surface area contributed by atoms with Gasteiger partial charge in [-0.3, -0.25) is 0 Å². The van der Waals surface area contributed by atoms with E-state index in [0.29, 0.717) is 24.6 Å². The van der Waals surface area contributed by atoms with Crippen molar-refractivity contribution >= 4 is 10.0 Å². The van der Waals surface area contributed by atoms with E-state index in [-0.39, 0.29) is 17.0 Å². The first-order valence-electron chi connectivity index (χ1n) is 9.01. The fourth-order valence-corrected chi connectivity index (χ4v) is 4.54. The Bertz CT molecular complexity index is 856. The molecule has 0 radical (unpaired) electrons. The van der Waals surface area contributed by atoms with E-state index >= 15 is 0 Å². The van der Waals surface area contributed by atoms with Crippen LogP contribution in [0.5, 0.6) is 11.8 Å². The van der Waals surface area contributed by atoms with Crippen LogP contribution >= 0.6 is 0 Å². The molecule has 0 amide bonds. The van der Waals surface area contributed by atoms with Crippen molar-refractivity contribution in [1.29, 1.82) is 0 Å². The smallest absolute Gasteiger partial charge is 0.317 e. The second-order valence-corrected chi connectivity index (χ2v) is 8.54. The molecule has 0 bridgehead atoms. The Kier molecular flexibility index (Phi) is 5.96. The predicted molar refractivity (Wildman–Crippen MR) is 101 cm³/mol. The zero-order chi connectivity index (χ0) is 19.4. The summed E-state index contributed by atoms with van der Waals surface area (Å²) in [6.07, 6.45) is 2.95. The van der Waals surface area contributed by atoms with Crippen LogP contribution in [0.3, 0.4) is 0 Å². The predicted octanol–water partition coefficient (Wildman–Crippen LogP) is 2.77. The minimum absolute atomic E-state index is 0.00735. The maximum atomic E-state index is 12.5. The summed E-state index contributed by atoms with van der Waals surface area (Å²) in [7, 11) is -2.00. The van der Waals surface area contributed by atoms with Gasteiger partial charge in [-0.15, -0.1) is 0 Å². The van der Waals surface area contributed by atoms with Crippen molar-refractivity contribution in [2.45, 2.75) is 56.6 Å². The lowest BCUT2D eigenvalue weighted by molar-refractivity contribution is 0.131. The summed E-state index contributed by atoms with van der Waals surface area (Å²) in [4.78, 5) is 8.85. The van der Waals surface area contributed by atoms with Gasteiger partial charge in [0.1, 0.15) is 11.9 Å². The van der Waals surface area contributed by atoms with E-state index < -0.39 is 10.0 Å². The number of methoxy groups -OCH3 is 1. The van der Waals surface area contributed by atoms with Crippen LogP contribution in [0, 0.1) is 13.8 Å². The zero-order valence-electron chi connectivity index (χ0n) is 15.8. The summed E-state index contributed by atoms with van der Waals surface area (Å²) >= 11 is 0. The first-order valence-corrected chi connectivity index (χ1v) is 10.5. The molecule has 8 heteroatoms. The summed E-state index contributed by atoms with van der Waals surface area (Å²) in [6.45, 7) is 3.82. The first kappa shape index (κ1) is 19.6. The highest BCUT2D eigenvalue weighted by Crippen LogP contribution is 2.24. The molecule has 1 N–H and O–H groups in total. The number of nitrogens with one attached hydrogen (secondary N) is 1. The van der Waals surface area contributed by atoms with Crippen LogP contribution < -0.4 is 14.2 Å². The molecular formula is C19H25N3O4S. The van der Waals surface area contributed by atoms with Crippen molar-refractivity contribution in [2.24, 2.45) is 0 Å². The van der Waals surface area contributed by atoms with Gasteiger partial charge in [-0.1, -0.05) is 0 Å². The number of hydrogen-bond acceptors (Lipinski definition) is 6. The molecule has 0 atom stereocenters. The third kappa shape index (κ3) is 5.17. The molecule has 0 aliphatic heterocycles. The van der Waals surface area contributed by atoms with E-state index in [4.69, 9.17) is 9.47 Å². The van der Waals surface area contributed by atoms with Crippen molar-refractivity contribution in [2.75, 3.05) is 7.11 Å². The maximum absolute atomic E-state index is 12.5. The minimum Gasteiger partial charge on any atom is -0.497 e. The molecule has 1 saturated carbocycles. The Balaban J connectivity index is 1.55. The quantitative estimate of drug-likeness (QED) is 0.814. The average molecular weight is 391 g/mol. The fourth-order valence-electron chi connectivity index (χ4n) is 3.24. The molecule has 146 valence electrons. The maximum Gasteiger partial charge on any atom is 0.317 e. The second kappa shape index (κ2) is 8.22. The molecule has 3 rings (SSSR count). The van der Waals surface area contributed by atoms with Crippen molar-refractivity contribution in [3.05, 3.63) is 41.7 Å². The summed E-state index contributed by atoms with van der Waals surface area (Å²) in [5.41, 5.74) is 1.75. The number of aryl methyl sites for hydroxylation is 2. The highest BCUT2D eigenvalue weighted by Gasteiger charge is 2.27. The molecule has 2 aromatic rings. The Morgan fingerprint density at radius 3 is 2.15 bits per heavy atom. The van der Waals surface area contributed by atoms with E-state index in [1.165, 1.54) is 0 Å². The van der Waals surface area contributed by atoms with Crippen LogP contribution in [-0.2, 0) is 10.0 Å². The van der Waals surface area contributed by atoms with Gasteiger partial charge in [0.2, 0.25) is 10.0 Å². The lowest BCUT2D eigenvalue weighted by Gasteiger charge is -2.28. The third-order valence-electron chi connectivity index (χ3n) is 4.60. The van der Waals surface area contributed by atoms with E-state index in [0.717, 1.165) is 24.2 Å². The van der Waals surface area contributed by atoms with Gasteiger partial charge in [0, 0.05) is 17.4 Å². The number of sulfonamides is 1. The first-order chi connectivity index (χ1) is 12.9. The van der Waals surface area contributed by atoms with E-state index in [9.17, 15) is 8.42 Å². The van der Waals surface area contributed by atoms with Gasteiger partial charge in [-0.25, -0.2) is 23.1 Å². The van der Waals surface area contributed by atoms with Crippen molar-refractivity contribution in [3.8, 4) is 11.8 Å². The lowest BCUT2D eigenvalue weighted by atomic mass is 9.94. The third-order valence-corrected chi connectivity index (χ3v) is 6.14. The monoisotopic (exact) mass is 391 g/mol. The van der Waals surface area contributed by atoms with E-state index in [1.54, 1.807) is 31.4 Å². The lowest BCUT2D eigenvalue weighted by Crippen LogP contribution is -2.39. The van der Waals surface area contributed by atoms with Crippen LogP contribution in [0.25, 0.3) is 0 Å². The highest BCUT2D eigenvalue weighted by molar-refractivity contribution is 7.89. The summed E-state index contributed by atoms with van der Waals surface area (Å²) in [5, 5.41) is 0. The molecule has 1 aromatic carbocycles. The van der Waals surface area contributed by atoms with Gasteiger partial charge in [-0.2, -0.15) is 0 Å². The average Bonchev–Trinajstić information content (AvgIpc) is 2.62. The van der Waals surface area contributed by atoms with Gasteiger partial charge >= 0.3 is 6.01 Å². The van der Waals surface area contributed by atoms with Gasteiger partial charge in [0.15, 0.2) is 0 Å². The largest absolute Gasteiger partial charge is 0.497 e. The molecular weight excluding hydrogens is 366 g/mol. The van der Waals surface area contributed by atoms with Gasteiger partial charge in [0.05, 0.1) is 12.0 Å². The van der Waals surface area contributed by atoms with Gasteiger partial charge in [-0.05, 0) is 69.9 Å². The molecule has 1 aliphatic rings. The molecule has 27 heavy (non-hydrogen) atoms. The van der Waals surface area contributed by atoms with Crippen LogP contribution in [0.2, 0.25) is 0 Å². The minimum atomic E-state index is -3.54. The number of aromatic nitrogens is 2. The Hall–Kier alpha value is -2.19. The van der Waals surface area contributed by atoms with E-state index in [2.05, 4.69) is 14.7 Å². The molecule has 1 fully saturated rings. The van der Waals surface area contributed by atoms with Crippen LogP contribution in [0.1, 0.15) is 37.1 Å². The number of nitrogens with zero attached hydrogens (tertiary/aromatic N) is 2. The van der Waals surface area contributed by atoms with Gasteiger partial charge < -0.3 is 9.47 Å². The van der Waals surface area contributed by atoms with Crippen LogP contribution in [0.4, 0.5) is 0 Å². The molecule has 0 saturated heterocycles. The van der Waals surface area contributed by atoms with E-state index in [1.807, 2.05) is 19.9 Å². The van der Waals surface area contributed by atoms with Crippen molar-refractivity contribution in [3.63, 3.8) is 0 Å². The zero-order valence-corrected chi connectivity index (χ0v) is 16.6. The molecule has 0 unspecified atom stereocenters. The second-order valence-electron chi connectivity index (χ2n) is 6.82. The number of hydrogen-bond donors (Lipinski definition) is 1. The highest BCUT2D eigenvalue weighted by atomic mass is 32.2. The molecule has 1 aromatic heterocycles. The molecule has 1 aliphatic carbocycles. The van der Waals surface area contributed by atoms with Gasteiger partial charge in [0.25, 0.3) is 0 Å².